The van der Waals surface area contributed by atoms with Crippen LogP contribution in [0, 0.1) is 0 Å². The fraction of sp³-hybridized carbons (Fsp3) is 0.500. The first-order chi connectivity index (χ1) is 4.22. The van der Waals surface area contributed by atoms with Crippen molar-refractivity contribution in [3.8, 4) is 0 Å². The number of amides is 2. The van der Waals surface area contributed by atoms with Gasteiger partial charge < -0.3 is 16.2 Å². The molecule has 0 aliphatic heterocycles. The molecule has 1 atom stereocenters. The second kappa shape index (κ2) is 3.85. The first kappa shape index (κ1) is 7.90. The van der Waals surface area contributed by atoms with Gasteiger partial charge in [0, 0.05) is 0 Å². The quantitative estimate of drug-likeness (QED) is 0.368. The van der Waals surface area contributed by atoms with Gasteiger partial charge in [0.25, 0.3) is 0 Å². The van der Waals surface area contributed by atoms with Crippen molar-refractivity contribution in [2.45, 2.75) is 6.04 Å². The van der Waals surface area contributed by atoms with Crippen molar-refractivity contribution in [3.63, 3.8) is 0 Å². The number of hydrogen-bond acceptors (Lipinski definition) is 3. The van der Waals surface area contributed by atoms with Crippen LogP contribution in [0.5, 0.6) is 0 Å². The topological polar surface area (TPSA) is 92.4 Å². The van der Waals surface area contributed by atoms with Crippen molar-refractivity contribution in [1.82, 2.24) is 5.32 Å². The van der Waals surface area contributed by atoms with E-state index in [9.17, 15) is 9.59 Å². The fourth-order valence-corrected chi connectivity index (χ4v) is 0.278. The standard InChI is InChI=1S/C4H7N2O3/c5-4(9)3(1-7)6-2-8/h3,7H,1H2,(H2,5,9)(H,6,8). The number of carbonyl (C=O) groups excluding carboxylic acids is 2. The monoisotopic (exact) mass is 131 g/mol. The van der Waals surface area contributed by atoms with Crippen molar-refractivity contribution < 1.29 is 14.7 Å². The van der Waals surface area contributed by atoms with Gasteiger partial charge in [-0.3, -0.25) is 9.59 Å². The minimum atomic E-state index is -1.01. The van der Waals surface area contributed by atoms with Gasteiger partial charge in [0.05, 0.1) is 6.61 Å². The molecule has 1 unspecified atom stereocenters. The van der Waals surface area contributed by atoms with Crippen LogP contribution >= 0.6 is 0 Å². The number of hydrogen-bond donors (Lipinski definition) is 3. The van der Waals surface area contributed by atoms with E-state index < -0.39 is 18.6 Å². The summed E-state index contributed by atoms with van der Waals surface area (Å²) in [5.41, 5.74) is 4.69. The summed E-state index contributed by atoms with van der Waals surface area (Å²) in [5, 5.41) is 10.2. The van der Waals surface area contributed by atoms with E-state index in [1.165, 1.54) is 6.41 Å². The molecule has 5 heteroatoms. The fourth-order valence-electron chi connectivity index (χ4n) is 0.278. The van der Waals surface area contributed by atoms with Crippen LogP contribution in [0.2, 0.25) is 0 Å². The maximum Gasteiger partial charge on any atom is 0.310 e. The molecule has 0 saturated carbocycles. The van der Waals surface area contributed by atoms with Crippen LogP contribution in [0.15, 0.2) is 0 Å². The molecule has 9 heavy (non-hydrogen) atoms. The lowest BCUT2D eigenvalue weighted by atomic mass is 10.3. The molecule has 1 radical (unpaired) electrons. The molecule has 0 aromatic rings. The van der Waals surface area contributed by atoms with Crippen LogP contribution in [0.25, 0.3) is 0 Å². The first-order valence-corrected chi connectivity index (χ1v) is 2.25. The summed E-state index contributed by atoms with van der Waals surface area (Å²) in [6.45, 7) is -0.495. The van der Waals surface area contributed by atoms with Gasteiger partial charge in [0.2, 0.25) is 5.91 Å². The highest BCUT2D eigenvalue weighted by atomic mass is 16.3. The molecule has 51 valence electrons. The van der Waals surface area contributed by atoms with E-state index in [4.69, 9.17) is 10.8 Å². The maximum atomic E-state index is 10.1. The van der Waals surface area contributed by atoms with E-state index in [2.05, 4.69) is 0 Å². The Bertz CT molecular complexity index is 114. The normalized spacial score (nSPS) is 12.1. The molecule has 4 N–H and O–H groups in total. The summed E-state index contributed by atoms with van der Waals surface area (Å²) >= 11 is 0. The highest BCUT2D eigenvalue weighted by molar-refractivity contribution is 5.81. The summed E-state index contributed by atoms with van der Waals surface area (Å²) in [6, 6.07) is -1.01. The Labute approximate surface area is 51.8 Å². The van der Waals surface area contributed by atoms with Crippen LogP contribution in [-0.4, -0.2) is 30.1 Å². The van der Waals surface area contributed by atoms with Crippen LogP contribution in [0.4, 0.5) is 0 Å². The van der Waals surface area contributed by atoms with Gasteiger partial charge >= 0.3 is 6.41 Å². The molecular formula is C4H7N2O3. The number of rotatable bonds is 4. The molecule has 0 aliphatic rings. The molecular weight excluding hydrogens is 124 g/mol. The minimum absolute atomic E-state index is 0.495. The van der Waals surface area contributed by atoms with Crippen molar-refractivity contribution in [2.24, 2.45) is 5.73 Å². The Balaban J connectivity index is 3.67. The number of nitrogens with one attached hydrogen (secondary N) is 1. The zero-order valence-corrected chi connectivity index (χ0v) is 4.63. The van der Waals surface area contributed by atoms with E-state index in [1.807, 2.05) is 5.32 Å². The lowest BCUT2D eigenvalue weighted by Crippen LogP contribution is -2.43. The summed E-state index contributed by atoms with van der Waals surface area (Å²) in [7, 11) is 0. The van der Waals surface area contributed by atoms with E-state index in [1.54, 1.807) is 0 Å². The van der Waals surface area contributed by atoms with Gasteiger partial charge in [-0.05, 0) is 0 Å². The third kappa shape index (κ3) is 2.65. The van der Waals surface area contributed by atoms with E-state index in [0.29, 0.717) is 0 Å². The number of nitrogens with two attached hydrogens (primary N) is 1. The molecule has 0 saturated heterocycles. The van der Waals surface area contributed by atoms with Crippen molar-refractivity contribution in [2.75, 3.05) is 6.61 Å². The number of primary amides is 1. The molecule has 0 fully saturated rings. The number of carbonyl (C=O) groups is 1. The van der Waals surface area contributed by atoms with Crippen LogP contribution < -0.4 is 11.1 Å². The van der Waals surface area contributed by atoms with E-state index >= 15 is 0 Å². The zero-order chi connectivity index (χ0) is 7.28. The lowest BCUT2D eigenvalue weighted by molar-refractivity contribution is -0.120. The second-order valence-corrected chi connectivity index (χ2v) is 1.38. The Morgan fingerprint density at radius 2 is 2.44 bits per heavy atom. The predicted molar refractivity (Wildman–Crippen MR) is 28.9 cm³/mol. The average molecular weight is 131 g/mol. The van der Waals surface area contributed by atoms with Gasteiger partial charge in [-0.25, -0.2) is 0 Å². The smallest absolute Gasteiger partial charge is 0.310 e. The van der Waals surface area contributed by atoms with Gasteiger partial charge in [0.1, 0.15) is 6.04 Å². The average Bonchev–Trinajstić information content (AvgIpc) is 1.82. The van der Waals surface area contributed by atoms with Gasteiger partial charge in [-0.15, -0.1) is 0 Å². The van der Waals surface area contributed by atoms with Gasteiger partial charge in [-0.1, -0.05) is 0 Å². The third-order valence-corrected chi connectivity index (χ3v) is 0.759. The predicted octanol–water partition coefficient (Wildman–Crippen LogP) is -2.51. The number of aliphatic hydroxyl groups excluding tert-OH is 1. The molecule has 2 amide bonds. The van der Waals surface area contributed by atoms with E-state index in [0.717, 1.165) is 0 Å². The largest absolute Gasteiger partial charge is 0.394 e. The lowest BCUT2D eigenvalue weighted by Gasteiger charge is -2.05. The molecule has 0 bridgehead atoms. The van der Waals surface area contributed by atoms with Crippen molar-refractivity contribution in [3.05, 3.63) is 0 Å². The SMILES string of the molecule is NC(=O)C(CO)N[C]=O. The molecule has 0 aromatic heterocycles. The summed E-state index contributed by atoms with van der Waals surface area (Å²) in [5.74, 6) is -0.777. The van der Waals surface area contributed by atoms with Crippen LogP contribution in [0.3, 0.4) is 0 Å². The number of aliphatic hydroxyl groups is 1. The van der Waals surface area contributed by atoms with Gasteiger partial charge in [-0.2, -0.15) is 0 Å². The summed E-state index contributed by atoms with van der Waals surface area (Å²) in [6.07, 6.45) is 1.24. The highest BCUT2D eigenvalue weighted by Crippen LogP contribution is 1.74. The molecule has 0 rings (SSSR count). The van der Waals surface area contributed by atoms with Crippen LogP contribution in [0.1, 0.15) is 0 Å². The zero-order valence-electron chi connectivity index (χ0n) is 4.63. The Morgan fingerprint density at radius 1 is 1.89 bits per heavy atom. The minimum Gasteiger partial charge on any atom is -0.394 e. The highest BCUT2D eigenvalue weighted by Gasteiger charge is 2.11. The first-order valence-electron chi connectivity index (χ1n) is 2.25. The summed E-state index contributed by atoms with van der Waals surface area (Å²) in [4.78, 5) is 19.7. The Morgan fingerprint density at radius 3 is 2.56 bits per heavy atom. The third-order valence-electron chi connectivity index (χ3n) is 0.759. The molecule has 0 spiro atoms. The Hall–Kier alpha value is -1.10. The molecule has 0 aromatic carbocycles. The van der Waals surface area contributed by atoms with E-state index in [-0.39, 0.29) is 0 Å². The van der Waals surface area contributed by atoms with Crippen molar-refractivity contribution in [1.29, 1.82) is 0 Å². The summed E-state index contributed by atoms with van der Waals surface area (Å²) < 4.78 is 0. The second-order valence-electron chi connectivity index (χ2n) is 1.38. The van der Waals surface area contributed by atoms with Crippen LogP contribution in [-0.2, 0) is 9.59 Å². The molecule has 0 heterocycles. The van der Waals surface area contributed by atoms with Gasteiger partial charge in [0.15, 0.2) is 0 Å². The molecule has 0 aliphatic carbocycles. The molecule has 5 nitrogen and oxygen atoms in total. The van der Waals surface area contributed by atoms with Crippen molar-refractivity contribution >= 4 is 12.3 Å². The maximum absolute atomic E-state index is 10.1. The Kier molecular flexibility index (Phi) is 3.38.